The number of aryl methyl sites for hydroxylation is 1. The maximum absolute atomic E-state index is 12.3. The molecule has 4 aromatic rings. The molecule has 0 unspecified atom stereocenters. The number of ether oxygens (including phenoxy) is 1. The summed E-state index contributed by atoms with van der Waals surface area (Å²) in [6.45, 7) is 2.56. The Labute approximate surface area is 189 Å². The van der Waals surface area contributed by atoms with Crippen molar-refractivity contribution in [1.29, 1.82) is 0 Å². The lowest BCUT2D eigenvalue weighted by Gasteiger charge is -2.09. The van der Waals surface area contributed by atoms with Gasteiger partial charge >= 0.3 is 5.97 Å². The van der Waals surface area contributed by atoms with E-state index in [2.05, 4.69) is 28.9 Å². The average molecular weight is 455 g/mol. The molecule has 31 heavy (non-hydrogen) atoms. The van der Waals surface area contributed by atoms with Crippen molar-refractivity contribution in [2.45, 2.75) is 19.9 Å². The van der Waals surface area contributed by atoms with E-state index in [1.165, 1.54) is 0 Å². The minimum Gasteiger partial charge on any atom is -0.455 e. The van der Waals surface area contributed by atoms with E-state index >= 15 is 0 Å². The fourth-order valence-electron chi connectivity index (χ4n) is 3.71. The molecule has 0 aliphatic carbocycles. The Hall–Kier alpha value is -3.02. The van der Waals surface area contributed by atoms with Crippen LogP contribution in [0.4, 0.5) is 5.69 Å². The molecule has 1 aromatic heterocycles. The summed E-state index contributed by atoms with van der Waals surface area (Å²) in [5.41, 5.74) is 3.37. The van der Waals surface area contributed by atoms with Crippen LogP contribution in [-0.2, 0) is 27.3 Å². The zero-order valence-corrected chi connectivity index (χ0v) is 18.3. The Bertz CT molecular complexity index is 1280. The second-order valence-electron chi connectivity index (χ2n) is 7.08. The van der Waals surface area contributed by atoms with E-state index in [1.807, 2.05) is 30.3 Å². The minimum atomic E-state index is -0.577. The van der Waals surface area contributed by atoms with Crippen molar-refractivity contribution in [2.75, 3.05) is 11.9 Å². The molecule has 1 N–H and O–H groups in total. The molecule has 0 fully saturated rings. The third-order valence-electron chi connectivity index (χ3n) is 5.12. The Morgan fingerprint density at radius 1 is 0.935 bits per heavy atom. The molecule has 4 rings (SSSR count). The number of halogens is 2. The van der Waals surface area contributed by atoms with Crippen LogP contribution in [0.3, 0.4) is 0 Å². The topological polar surface area (TPSA) is 60.3 Å². The van der Waals surface area contributed by atoms with E-state index in [-0.39, 0.29) is 6.42 Å². The molecule has 0 aliphatic rings. The van der Waals surface area contributed by atoms with Crippen LogP contribution < -0.4 is 5.32 Å². The number of esters is 1. The van der Waals surface area contributed by atoms with E-state index in [9.17, 15) is 9.59 Å². The molecule has 3 aromatic carbocycles. The van der Waals surface area contributed by atoms with E-state index in [1.54, 1.807) is 18.2 Å². The van der Waals surface area contributed by atoms with Crippen molar-refractivity contribution in [3.63, 3.8) is 0 Å². The number of benzene rings is 3. The highest BCUT2D eigenvalue weighted by Crippen LogP contribution is 2.31. The normalized spacial score (nSPS) is 11.1. The summed E-state index contributed by atoms with van der Waals surface area (Å²) in [5, 5.41) is 5.74. The van der Waals surface area contributed by atoms with Gasteiger partial charge in [-0.15, -0.1) is 0 Å². The predicted molar refractivity (Wildman–Crippen MR) is 125 cm³/mol. The highest BCUT2D eigenvalue weighted by molar-refractivity contribution is 6.36. The number of nitrogens with one attached hydrogen (secondary N) is 1. The van der Waals surface area contributed by atoms with Crippen LogP contribution in [0.2, 0.25) is 10.0 Å². The predicted octanol–water partition coefficient (Wildman–Crippen LogP) is 5.85. The summed E-state index contributed by atoms with van der Waals surface area (Å²) in [5.74, 6) is -0.996. The molecule has 1 heterocycles. The second kappa shape index (κ2) is 9.00. The number of carbonyl (C=O) groups is 2. The van der Waals surface area contributed by atoms with Gasteiger partial charge in [0, 0.05) is 49.6 Å². The number of para-hydroxylation sites is 1. The maximum Gasteiger partial charge on any atom is 0.310 e. The van der Waals surface area contributed by atoms with Crippen molar-refractivity contribution >= 4 is 62.6 Å². The molecular formula is C24H20Cl2N2O3. The molecule has 0 saturated carbocycles. The molecule has 7 heteroatoms. The zero-order chi connectivity index (χ0) is 22.0. The molecule has 5 nitrogen and oxygen atoms in total. The standard InChI is InChI=1S/C24H20Cl2N2O3/c1-2-28-21-9-4-3-6-16(21)17-12-15(10-11-22(17)28)27-23(29)14-31-24(30)13-18-19(25)7-5-8-20(18)26/h3-12H,2,13-14H2,1H3,(H,27,29). The summed E-state index contributed by atoms with van der Waals surface area (Å²) >= 11 is 12.1. The lowest BCUT2D eigenvalue weighted by molar-refractivity contribution is -0.146. The summed E-state index contributed by atoms with van der Waals surface area (Å²) in [7, 11) is 0. The first-order valence-corrected chi connectivity index (χ1v) is 10.6. The van der Waals surface area contributed by atoms with Gasteiger partial charge in [-0.25, -0.2) is 0 Å². The Kier molecular flexibility index (Phi) is 6.16. The number of rotatable bonds is 6. The minimum absolute atomic E-state index is 0.103. The Morgan fingerprint density at radius 3 is 2.39 bits per heavy atom. The smallest absolute Gasteiger partial charge is 0.310 e. The number of anilines is 1. The van der Waals surface area contributed by atoms with E-state index in [0.717, 1.165) is 28.4 Å². The summed E-state index contributed by atoms with van der Waals surface area (Å²) < 4.78 is 7.33. The van der Waals surface area contributed by atoms with Crippen molar-refractivity contribution in [1.82, 2.24) is 4.57 Å². The number of carbonyl (C=O) groups excluding carboxylic acids is 2. The van der Waals surface area contributed by atoms with Crippen LogP contribution >= 0.6 is 23.2 Å². The first-order chi connectivity index (χ1) is 15.0. The van der Waals surface area contributed by atoms with Gasteiger partial charge < -0.3 is 14.6 Å². The van der Waals surface area contributed by atoms with Gasteiger partial charge in [0.05, 0.1) is 6.42 Å². The van der Waals surface area contributed by atoms with Crippen LogP contribution in [0, 0.1) is 0 Å². The van der Waals surface area contributed by atoms with Crippen LogP contribution in [0.1, 0.15) is 12.5 Å². The van der Waals surface area contributed by atoms with Crippen molar-refractivity contribution in [2.24, 2.45) is 0 Å². The average Bonchev–Trinajstić information content (AvgIpc) is 3.08. The maximum atomic E-state index is 12.3. The molecule has 1 amide bonds. The lowest BCUT2D eigenvalue weighted by atomic mass is 10.1. The van der Waals surface area contributed by atoms with E-state index < -0.39 is 18.5 Å². The number of fused-ring (bicyclic) bond motifs is 3. The number of hydrogen-bond donors (Lipinski definition) is 1. The van der Waals surface area contributed by atoms with Gasteiger partial charge in [-0.3, -0.25) is 9.59 Å². The summed E-state index contributed by atoms with van der Waals surface area (Å²) in [6, 6.07) is 18.9. The number of nitrogens with zero attached hydrogens (tertiary/aromatic N) is 1. The Balaban J connectivity index is 1.44. The monoisotopic (exact) mass is 454 g/mol. The largest absolute Gasteiger partial charge is 0.455 e. The third-order valence-corrected chi connectivity index (χ3v) is 5.83. The molecule has 0 atom stereocenters. The second-order valence-corrected chi connectivity index (χ2v) is 7.89. The summed E-state index contributed by atoms with van der Waals surface area (Å²) in [4.78, 5) is 24.4. The van der Waals surface area contributed by atoms with Crippen molar-refractivity contribution in [3.8, 4) is 0 Å². The first kappa shape index (κ1) is 21.2. The SMILES string of the molecule is CCn1c2ccccc2c2cc(NC(=O)COC(=O)Cc3c(Cl)cccc3Cl)ccc21. The quantitative estimate of drug-likeness (QED) is 0.372. The van der Waals surface area contributed by atoms with E-state index in [0.29, 0.717) is 21.3 Å². The highest BCUT2D eigenvalue weighted by atomic mass is 35.5. The first-order valence-electron chi connectivity index (χ1n) is 9.87. The third kappa shape index (κ3) is 4.38. The van der Waals surface area contributed by atoms with Gasteiger partial charge in [0.1, 0.15) is 0 Å². The number of hydrogen-bond acceptors (Lipinski definition) is 3. The molecule has 158 valence electrons. The van der Waals surface area contributed by atoms with Gasteiger partial charge in [-0.2, -0.15) is 0 Å². The molecular weight excluding hydrogens is 435 g/mol. The van der Waals surface area contributed by atoms with Gasteiger partial charge in [-0.1, -0.05) is 47.5 Å². The van der Waals surface area contributed by atoms with Crippen LogP contribution in [0.5, 0.6) is 0 Å². The van der Waals surface area contributed by atoms with Gasteiger partial charge in [-0.05, 0) is 43.3 Å². The lowest BCUT2D eigenvalue weighted by Crippen LogP contribution is -2.21. The van der Waals surface area contributed by atoms with Gasteiger partial charge in [0.25, 0.3) is 5.91 Å². The zero-order valence-electron chi connectivity index (χ0n) is 16.8. The molecule has 0 radical (unpaired) electrons. The van der Waals surface area contributed by atoms with Gasteiger partial charge in [0.15, 0.2) is 6.61 Å². The fourth-order valence-corrected chi connectivity index (χ4v) is 4.24. The summed E-state index contributed by atoms with van der Waals surface area (Å²) in [6.07, 6.45) is -0.103. The van der Waals surface area contributed by atoms with E-state index in [4.69, 9.17) is 27.9 Å². The molecule has 0 aliphatic heterocycles. The Morgan fingerprint density at radius 2 is 1.65 bits per heavy atom. The number of amides is 1. The van der Waals surface area contributed by atoms with Crippen LogP contribution in [0.15, 0.2) is 60.7 Å². The van der Waals surface area contributed by atoms with Crippen LogP contribution in [0.25, 0.3) is 21.8 Å². The van der Waals surface area contributed by atoms with Crippen molar-refractivity contribution < 1.29 is 14.3 Å². The number of aromatic nitrogens is 1. The van der Waals surface area contributed by atoms with Crippen molar-refractivity contribution in [3.05, 3.63) is 76.3 Å². The molecule has 0 spiro atoms. The molecule has 0 bridgehead atoms. The van der Waals surface area contributed by atoms with Crippen LogP contribution in [-0.4, -0.2) is 23.1 Å². The fraction of sp³-hybridized carbons (Fsp3) is 0.167. The van der Waals surface area contributed by atoms with Gasteiger partial charge in [0.2, 0.25) is 0 Å². The molecule has 0 saturated heterocycles. The highest BCUT2D eigenvalue weighted by Gasteiger charge is 2.14.